The molecule has 7 rings (SSSR count). The molecule has 0 unspecified atom stereocenters. The lowest BCUT2D eigenvalue weighted by atomic mass is 10.0. The molecule has 0 amide bonds. The fraction of sp³-hybridized carbons (Fsp3) is 0.0833. The summed E-state index contributed by atoms with van der Waals surface area (Å²) in [7, 11) is 0. The zero-order chi connectivity index (χ0) is 34.1. The van der Waals surface area contributed by atoms with Crippen LogP contribution in [0, 0.1) is 0 Å². The first-order valence-electron chi connectivity index (χ1n) is 17.5. The van der Waals surface area contributed by atoms with Gasteiger partial charge in [0.25, 0.3) is 0 Å². The van der Waals surface area contributed by atoms with Crippen LogP contribution in [0.2, 0.25) is 0 Å². The van der Waals surface area contributed by atoms with E-state index in [-0.39, 0.29) is 0 Å². The summed E-state index contributed by atoms with van der Waals surface area (Å²) in [6.07, 6.45) is 13.7. The lowest BCUT2D eigenvalue weighted by Crippen LogP contribution is -1.98. The smallest absolute Gasteiger partial charge is 0.0541 e. The zero-order valence-corrected chi connectivity index (χ0v) is 28.6. The van der Waals surface area contributed by atoms with Gasteiger partial charge in [0, 0.05) is 27.8 Å². The van der Waals surface area contributed by atoms with Crippen molar-refractivity contribution in [1.29, 1.82) is 0 Å². The van der Waals surface area contributed by atoms with Gasteiger partial charge in [-0.25, -0.2) is 0 Å². The number of benzene rings is 6. The molecule has 1 aromatic heterocycles. The third-order valence-corrected chi connectivity index (χ3v) is 9.25. The van der Waals surface area contributed by atoms with Crippen molar-refractivity contribution in [2.45, 2.75) is 26.2 Å². The normalized spacial score (nSPS) is 12.2. The van der Waals surface area contributed by atoms with Crippen LogP contribution in [0.15, 0.2) is 194 Å². The van der Waals surface area contributed by atoms with E-state index in [9.17, 15) is 0 Å². The first-order valence-corrected chi connectivity index (χ1v) is 17.5. The fourth-order valence-electron chi connectivity index (χ4n) is 6.64. The summed E-state index contributed by atoms with van der Waals surface area (Å²) in [6, 6.07) is 54.0. The lowest BCUT2D eigenvalue weighted by Gasteiger charge is -2.10. The fourth-order valence-corrected chi connectivity index (χ4v) is 6.64. The van der Waals surface area contributed by atoms with Crippen LogP contribution in [0.3, 0.4) is 0 Å². The summed E-state index contributed by atoms with van der Waals surface area (Å²) in [5.74, 6) is 0. The summed E-state index contributed by atoms with van der Waals surface area (Å²) in [4.78, 5) is 0. The first kappa shape index (κ1) is 32.4. The van der Waals surface area contributed by atoms with Crippen molar-refractivity contribution in [3.8, 4) is 27.9 Å². The van der Waals surface area contributed by atoms with Crippen LogP contribution in [0.4, 0.5) is 5.69 Å². The molecular formula is C48H42N2. The molecule has 0 spiro atoms. The van der Waals surface area contributed by atoms with Crippen molar-refractivity contribution in [1.82, 2.24) is 4.57 Å². The van der Waals surface area contributed by atoms with Gasteiger partial charge in [0.1, 0.15) is 0 Å². The second-order valence-corrected chi connectivity index (χ2v) is 12.5. The third-order valence-electron chi connectivity index (χ3n) is 9.25. The minimum absolute atomic E-state index is 0.929. The SMILES string of the molecule is C=C/C(=C\CC/C=C\C=C(/CC)Nc1cccc(-c2ccccc2)c1)c1ccc2c(c1)c1ccccc1n2-c1ccc(-c2ccccc2)cc1. The number of allylic oxidation sites excluding steroid dienone is 7. The number of unbranched alkanes of at least 4 members (excludes halogenated alkanes) is 1. The number of fused-ring (bicyclic) bond motifs is 3. The van der Waals surface area contributed by atoms with Gasteiger partial charge < -0.3 is 9.88 Å². The summed E-state index contributed by atoms with van der Waals surface area (Å²) in [6.45, 7) is 6.35. The van der Waals surface area contributed by atoms with E-state index in [0.717, 1.165) is 36.2 Å². The number of hydrogen-bond acceptors (Lipinski definition) is 1. The molecule has 2 nitrogen and oxygen atoms in total. The highest BCUT2D eigenvalue weighted by Gasteiger charge is 2.13. The van der Waals surface area contributed by atoms with Crippen molar-refractivity contribution in [3.63, 3.8) is 0 Å². The predicted octanol–water partition coefficient (Wildman–Crippen LogP) is 13.4. The Morgan fingerprint density at radius 3 is 2.02 bits per heavy atom. The predicted molar refractivity (Wildman–Crippen MR) is 217 cm³/mol. The summed E-state index contributed by atoms with van der Waals surface area (Å²) < 4.78 is 2.37. The minimum Gasteiger partial charge on any atom is -0.359 e. The molecule has 1 heterocycles. The van der Waals surface area contributed by atoms with Gasteiger partial charge in [-0.2, -0.15) is 0 Å². The largest absolute Gasteiger partial charge is 0.359 e. The average Bonchev–Trinajstić information content (AvgIpc) is 3.51. The van der Waals surface area contributed by atoms with Gasteiger partial charge in [0.15, 0.2) is 0 Å². The topological polar surface area (TPSA) is 17.0 Å². The molecule has 0 aliphatic heterocycles. The van der Waals surface area contributed by atoms with E-state index in [4.69, 9.17) is 0 Å². The number of anilines is 1. The molecule has 0 aliphatic rings. The number of nitrogens with one attached hydrogen (secondary N) is 1. The molecule has 1 N–H and O–H groups in total. The Bertz CT molecular complexity index is 2320. The maximum Gasteiger partial charge on any atom is 0.0541 e. The molecule has 7 aromatic rings. The van der Waals surface area contributed by atoms with Gasteiger partial charge in [-0.05, 0) is 101 Å². The minimum atomic E-state index is 0.929. The number of rotatable bonds is 12. The number of para-hydroxylation sites is 1. The number of nitrogens with zero attached hydrogens (tertiary/aromatic N) is 1. The highest BCUT2D eigenvalue weighted by atomic mass is 15.0. The van der Waals surface area contributed by atoms with E-state index in [2.05, 4.69) is 199 Å². The van der Waals surface area contributed by atoms with Gasteiger partial charge in [0.2, 0.25) is 0 Å². The third kappa shape index (κ3) is 7.16. The van der Waals surface area contributed by atoms with Crippen LogP contribution in [0.1, 0.15) is 31.7 Å². The maximum absolute atomic E-state index is 4.17. The van der Waals surface area contributed by atoms with Gasteiger partial charge in [-0.15, -0.1) is 0 Å². The van der Waals surface area contributed by atoms with Crippen LogP contribution in [0.5, 0.6) is 0 Å². The molecule has 2 heteroatoms. The van der Waals surface area contributed by atoms with Crippen LogP contribution < -0.4 is 5.32 Å². The van der Waals surface area contributed by atoms with Gasteiger partial charge in [-0.1, -0.05) is 147 Å². The number of hydrogen-bond donors (Lipinski definition) is 1. The quantitative estimate of drug-likeness (QED) is 0.103. The van der Waals surface area contributed by atoms with E-state index in [1.54, 1.807) is 0 Å². The first-order chi connectivity index (χ1) is 24.7. The Balaban J connectivity index is 1.06. The van der Waals surface area contributed by atoms with E-state index < -0.39 is 0 Å². The Morgan fingerprint density at radius 1 is 0.620 bits per heavy atom. The molecule has 0 saturated heterocycles. The van der Waals surface area contributed by atoms with E-state index in [1.807, 2.05) is 6.08 Å². The molecule has 0 aliphatic carbocycles. The standard InChI is InChI=1S/C48H42N2/c1-3-36(18-9-5-6-14-24-42(4-2)49-43-25-17-23-40(34-43)38-21-12-8-13-22-38)41-30-33-48-46(35-41)45-26-15-16-27-47(45)50(48)44-31-28-39(29-32-44)37-19-10-7-11-20-37/h3,6-8,10-35,49H,1,4-5,9H2,2H3/b14-6-,36-18+,42-24+. The van der Waals surface area contributed by atoms with Crippen LogP contribution in [-0.2, 0) is 0 Å². The van der Waals surface area contributed by atoms with Crippen molar-refractivity contribution in [2.75, 3.05) is 5.32 Å². The summed E-state index contributed by atoms with van der Waals surface area (Å²) in [5, 5.41) is 6.11. The summed E-state index contributed by atoms with van der Waals surface area (Å²) >= 11 is 0. The Morgan fingerprint density at radius 2 is 1.28 bits per heavy atom. The van der Waals surface area contributed by atoms with Crippen LogP contribution in [-0.4, -0.2) is 4.57 Å². The molecule has 50 heavy (non-hydrogen) atoms. The van der Waals surface area contributed by atoms with Crippen molar-refractivity contribution in [2.24, 2.45) is 0 Å². The molecule has 0 atom stereocenters. The highest BCUT2D eigenvalue weighted by molar-refractivity contribution is 6.10. The molecule has 6 aromatic carbocycles. The highest BCUT2D eigenvalue weighted by Crippen LogP contribution is 2.35. The lowest BCUT2D eigenvalue weighted by molar-refractivity contribution is 1.05. The van der Waals surface area contributed by atoms with Gasteiger partial charge in [0.05, 0.1) is 11.0 Å². The monoisotopic (exact) mass is 646 g/mol. The second-order valence-electron chi connectivity index (χ2n) is 12.5. The van der Waals surface area contributed by atoms with E-state index >= 15 is 0 Å². The maximum atomic E-state index is 4.17. The number of aromatic nitrogens is 1. The van der Waals surface area contributed by atoms with Crippen molar-refractivity contribution in [3.05, 3.63) is 200 Å². The van der Waals surface area contributed by atoms with E-state index in [0.29, 0.717) is 0 Å². The Labute approximate surface area is 296 Å². The molecule has 0 radical (unpaired) electrons. The van der Waals surface area contributed by atoms with Crippen molar-refractivity contribution < 1.29 is 0 Å². The molecule has 0 fully saturated rings. The Kier molecular flexibility index (Phi) is 9.99. The molecule has 0 bridgehead atoms. The van der Waals surface area contributed by atoms with Crippen molar-refractivity contribution >= 4 is 33.1 Å². The molecule has 244 valence electrons. The second kappa shape index (κ2) is 15.4. The van der Waals surface area contributed by atoms with Gasteiger partial charge >= 0.3 is 0 Å². The molecular weight excluding hydrogens is 605 g/mol. The summed E-state index contributed by atoms with van der Waals surface area (Å²) in [5.41, 5.74) is 13.1. The average molecular weight is 647 g/mol. The Hall–Kier alpha value is -6.12. The zero-order valence-electron chi connectivity index (χ0n) is 28.6. The van der Waals surface area contributed by atoms with E-state index in [1.165, 1.54) is 55.3 Å². The molecule has 0 saturated carbocycles. The van der Waals surface area contributed by atoms with Gasteiger partial charge in [-0.3, -0.25) is 0 Å². The van der Waals surface area contributed by atoms with Crippen LogP contribution in [0.25, 0.3) is 55.3 Å². The van der Waals surface area contributed by atoms with Crippen LogP contribution >= 0.6 is 0 Å².